The topological polar surface area (TPSA) is 69.0 Å². The number of ether oxygens (including phenoxy) is 2. The molecule has 0 aliphatic carbocycles. The van der Waals surface area contributed by atoms with Crippen molar-refractivity contribution in [2.24, 2.45) is 5.92 Å². The van der Waals surface area contributed by atoms with E-state index in [1.807, 2.05) is 49.4 Å². The van der Waals surface area contributed by atoms with Crippen LogP contribution in [0, 0.1) is 5.92 Å². The largest absolute Gasteiger partial charge is 0.497 e. The van der Waals surface area contributed by atoms with Crippen molar-refractivity contribution in [3.8, 4) is 5.75 Å². The Bertz CT molecular complexity index is 1030. The van der Waals surface area contributed by atoms with Crippen LogP contribution in [0.4, 0.5) is 0 Å². The van der Waals surface area contributed by atoms with E-state index >= 15 is 0 Å². The van der Waals surface area contributed by atoms with Gasteiger partial charge in [-0.05, 0) is 23.3 Å². The first-order chi connectivity index (χ1) is 14.0. The normalized spacial score (nSPS) is 12.1. The number of methoxy groups -OCH3 is 2. The summed E-state index contributed by atoms with van der Waals surface area (Å²) in [5.41, 5.74) is 2.03. The minimum absolute atomic E-state index is 0.259. The van der Waals surface area contributed by atoms with E-state index in [9.17, 15) is 9.59 Å². The van der Waals surface area contributed by atoms with Crippen LogP contribution in [0.5, 0.6) is 5.75 Å². The fraction of sp³-hybridized carbons (Fsp3) is 0.304. The number of fused-ring (bicyclic) bond motifs is 1. The molecular formula is C23H25NO5. The molecule has 1 heterocycles. The second-order valence-corrected chi connectivity index (χ2v) is 7.03. The second-order valence-electron chi connectivity index (χ2n) is 7.03. The first-order valence-electron chi connectivity index (χ1n) is 9.45. The first-order valence-corrected chi connectivity index (χ1v) is 9.45. The summed E-state index contributed by atoms with van der Waals surface area (Å²) in [6.45, 7) is 3.47. The molecule has 152 valence electrons. The van der Waals surface area contributed by atoms with Crippen LogP contribution < -0.4 is 10.4 Å². The lowest BCUT2D eigenvalue weighted by atomic mass is 10.1. The van der Waals surface area contributed by atoms with Gasteiger partial charge in [0.25, 0.3) is 0 Å². The Balaban J connectivity index is 1.94. The minimum atomic E-state index is -0.415. The molecule has 0 aliphatic heterocycles. The van der Waals surface area contributed by atoms with Gasteiger partial charge in [0.05, 0.1) is 20.1 Å². The molecule has 0 spiro atoms. The number of carbonyl (C=O) groups excluding carboxylic acids is 1. The summed E-state index contributed by atoms with van der Waals surface area (Å²) in [4.78, 5) is 26.2. The smallest absolute Gasteiger partial charge is 0.336 e. The predicted octanol–water partition coefficient (Wildman–Crippen LogP) is 3.61. The van der Waals surface area contributed by atoms with Gasteiger partial charge in [0.1, 0.15) is 11.3 Å². The molecule has 6 heteroatoms. The minimum Gasteiger partial charge on any atom is -0.497 e. The van der Waals surface area contributed by atoms with E-state index in [1.165, 1.54) is 13.2 Å². The molecule has 0 N–H and O–H groups in total. The standard InChI is InChI=1S/C23H25NO5/c1-16(23(26)28-3)13-24(14-17-7-5-4-6-8-17)15-18-11-22(25)29-21-12-19(27-2)9-10-20(18)21/h4-12,16H,13-15H2,1-3H3. The van der Waals surface area contributed by atoms with Gasteiger partial charge in [-0.1, -0.05) is 37.3 Å². The maximum atomic E-state index is 12.1. The van der Waals surface area contributed by atoms with E-state index in [0.717, 1.165) is 16.5 Å². The summed E-state index contributed by atoms with van der Waals surface area (Å²) in [6.07, 6.45) is 0. The molecular weight excluding hydrogens is 370 g/mol. The van der Waals surface area contributed by atoms with Crippen LogP contribution in [-0.4, -0.2) is 31.6 Å². The summed E-state index contributed by atoms with van der Waals surface area (Å²) in [5, 5.41) is 0.842. The maximum Gasteiger partial charge on any atom is 0.336 e. The van der Waals surface area contributed by atoms with Gasteiger partial charge >= 0.3 is 11.6 Å². The quantitative estimate of drug-likeness (QED) is 0.429. The number of hydrogen-bond acceptors (Lipinski definition) is 6. The van der Waals surface area contributed by atoms with Crippen molar-refractivity contribution in [3.05, 3.63) is 76.1 Å². The molecule has 1 unspecified atom stereocenters. The van der Waals surface area contributed by atoms with Gasteiger partial charge in [0, 0.05) is 37.2 Å². The highest BCUT2D eigenvalue weighted by Gasteiger charge is 2.19. The molecule has 0 radical (unpaired) electrons. The van der Waals surface area contributed by atoms with Gasteiger partial charge in [-0.3, -0.25) is 9.69 Å². The molecule has 1 aromatic heterocycles. The zero-order valence-electron chi connectivity index (χ0n) is 16.9. The molecule has 3 rings (SSSR count). The van der Waals surface area contributed by atoms with Crippen molar-refractivity contribution >= 4 is 16.9 Å². The lowest BCUT2D eigenvalue weighted by Gasteiger charge is -2.25. The van der Waals surface area contributed by atoms with Gasteiger partial charge in [0.2, 0.25) is 0 Å². The molecule has 6 nitrogen and oxygen atoms in total. The molecule has 0 saturated carbocycles. The number of rotatable bonds is 8. The predicted molar refractivity (Wildman–Crippen MR) is 111 cm³/mol. The van der Waals surface area contributed by atoms with Gasteiger partial charge in [0.15, 0.2) is 0 Å². The van der Waals surface area contributed by atoms with Crippen LogP contribution in [-0.2, 0) is 22.6 Å². The average molecular weight is 395 g/mol. The Labute approximate surface area is 169 Å². The monoisotopic (exact) mass is 395 g/mol. The molecule has 0 fully saturated rings. The molecule has 1 atom stereocenters. The number of carbonyl (C=O) groups is 1. The average Bonchev–Trinajstić information content (AvgIpc) is 2.73. The summed E-state index contributed by atoms with van der Waals surface area (Å²) in [6, 6.07) is 17.0. The molecule has 0 bridgehead atoms. The van der Waals surface area contributed by atoms with Crippen LogP contribution in [0.1, 0.15) is 18.1 Å². The summed E-state index contributed by atoms with van der Waals surface area (Å²) >= 11 is 0. The van der Waals surface area contributed by atoms with Gasteiger partial charge < -0.3 is 13.9 Å². The molecule has 29 heavy (non-hydrogen) atoms. The van der Waals surface area contributed by atoms with E-state index < -0.39 is 5.63 Å². The molecule has 3 aromatic rings. The van der Waals surface area contributed by atoms with Crippen LogP contribution in [0.2, 0.25) is 0 Å². The Morgan fingerprint density at radius 2 is 1.83 bits per heavy atom. The van der Waals surface area contributed by atoms with E-state index in [1.54, 1.807) is 13.2 Å². The Hall–Kier alpha value is -3.12. The van der Waals surface area contributed by atoms with Crippen molar-refractivity contribution in [2.45, 2.75) is 20.0 Å². The van der Waals surface area contributed by atoms with E-state index in [2.05, 4.69) is 4.90 Å². The zero-order chi connectivity index (χ0) is 20.8. The fourth-order valence-electron chi connectivity index (χ4n) is 3.40. The van der Waals surface area contributed by atoms with Gasteiger partial charge in [-0.2, -0.15) is 0 Å². The van der Waals surface area contributed by atoms with Crippen LogP contribution in [0.15, 0.2) is 63.8 Å². The van der Waals surface area contributed by atoms with E-state index in [0.29, 0.717) is 31.0 Å². The van der Waals surface area contributed by atoms with Crippen molar-refractivity contribution in [2.75, 3.05) is 20.8 Å². The highest BCUT2D eigenvalue weighted by molar-refractivity contribution is 5.81. The molecule has 2 aromatic carbocycles. The highest BCUT2D eigenvalue weighted by atomic mass is 16.5. The second kappa shape index (κ2) is 9.39. The van der Waals surface area contributed by atoms with Crippen molar-refractivity contribution in [1.82, 2.24) is 4.90 Å². The first kappa shape index (κ1) is 20.6. The number of hydrogen-bond donors (Lipinski definition) is 0. The SMILES string of the molecule is COC(=O)C(C)CN(Cc1ccccc1)Cc1cc(=O)oc2cc(OC)ccc12. The third-order valence-electron chi connectivity index (χ3n) is 4.82. The van der Waals surface area contributed by atoms with Crippen LogP contribution >= 0.6 is 0 Å². The maximum absolute atomic E-state index is 12.1. The lowest BCUT2D eigenvalue weighted by Crippen LogP contribution is -2.32. The summed E-state index contributed by atoms with van der Waals surface area (Å²) in [5.74, 6) is 0.0682. The third kappa shape index (κ3) is 5.23. The van der Waals surface area contributed by atoms with Gasteiger partial charge in [-0.15, -0.1) is 0 Å². The lowest BCUT2D eigenvalue weighted by molar-refractivity contribution is -0.145. The van der Waals surface area contributed by atoms with Crippen molar-refractivity contribution < 1.29 is 18.7 Å². The van der Waals surface area contributed by atoms with E-state index in [4.69, 9.17) is 13.9 Å². The molecule has 0 aliphatic rings. The Morgan fingerprint density at radius 1 is 1.07 bits per heavy atom. The Kier molecular flexibility index (Phi) is 6.67. The van der Waals surface area contributed by atoms with Gasteiger partial charge in [-0.25, -0.2) is 4.79 Å². The van der Waals surface area contributed by atoms with Crippen molar-refractivity contribution in [1.29, 1.82) is 0 Å². The molecule has 0 amide bonds. The number of esters is 1. The molecule has 0 saturated heterocycles. The Morgan fingerprint density at radius 3 is 2.52 bits per heavy atom. The van der Waals surface area contributed by atoms with E-state index in [-0.39, 0.29) is 11.9 Å². The highest BCUT2D eigenvalue weighted by Crippen LogP contribution is 2.24. The summed E-state index contributed by atoms with van der Waals surface area (Å²) < 4.78 is 15.5. The number of benzene rings is 2. The van der Waals surface area contributed by atoms with Crippen LogP contribution in [0.3, 0.4) is 0 Å². The van der Waals surface area contributed by atoms with Crippen molar-refractivity contribution in [3.63, 3.8) is 0 Å². The summed E-state index contributed by atoms with van der Waals surface area (Å²) in [7, 11) is 2.96. The van der Waals surface area contributed by atoms with Crippen LogP contribution in [0.25, 0.3) is 11.0 Å². The third-order valence-corrected chi connectivity index (χ3v) is 4.82. The fourth-order valence-corrected chi connectivity index (χ4v) is 3.40. The zero-order valence-corrected chi connectivity index (χ0v) is 16.9. The number of nitrogens with zero attached hydrogens (tertiary/aromatic N) is 1.